The van der Waals surface area contributed by atoms with Crippen molar-refractivity contribution in [1.82, 2.24) is 24.4 Å². The van der Waals surface area contributed by atoms with E-state index in [4.69, 9.17) is 20.7 Å². The largest absolute Gasteiger partial charge is 0.365 e. The second kappa shape index (κ2) is 11.0. The molecule has 2 unspecified atom stereocenters. The first-order chi connectivity index (χ1) is 19.6. The summed E-state index contributed by atoms with van der Waals surface area (Å²) in [7, 11) is 0. The average molecular weight is 543 g/mol. The van der Waals surface area contributed by atoms with Gasteiger partial charge in [0.1, 0.15) is 0 Å². The van der Waals surface area contributed by atoms with Gasteiger partial charge in [0.05, 0.1) is 6.33 Å². The number of nitrogens with two attached hydrogens (primary N) is 1. The van der Waals surface area contributed by atoms with Crippen LogP contribution in [0.5, 0.6) is 0 Å². The minimum atomic E-state index is 0.149. The molecule has 0 spiro atoms. The van der Waals surface area contributed by atoms with Gasteiger partial charge in [-0.05, 0) is 69.3 Å². The zero-order chi connectivity index (χ0) is 27.1. The number of nitrogens with one attached hydrogen (secondary N) is 2. The Morgan fingerprint density at radius 2 is 1.60 bits per heavy atom. The molecule has 1 saturated heterocycles. The number of piperidine rings is 1. The lowest BCUT2D eigenvalue weighted by Gasteiger charge is -2.33. The molecule has 9 nitrogen and oxygen atoms in total. The Bertz CT molecular complexity index is 1320. The maximum Gasteiger partial charge on any atom is 0.227 e. The first kappa shape index (κ1) is 25.7. The standard InChI is InChI=1S/C31H42N8O/c32-21-10-12-22(13-11-21)35-31-36-28(27-29(37-31)39(19-33-27)24-8-4-5-9-24)34-23-14-16-38(17-15-23)30(40)26-18-25(26)20-6-2-1-3-7-20/h1-3,6-7,19,21-26H,4-5,8-18,32H2,(H2,34,35,36,37). The summed E-state index contributed by atoms with van der Waals surface area (Å²) in [6.45, 7) is 1.57. The van der Waals surface area contributed by atoms with Gasteiger partial charge in [0.2, 0.25) is 11.9 Å². The number of fused-ring (bicyclic) bond motifs is 1. The molecule has 3 aromatic rings. The predicted molar refractivity (Wildman–Crippen MR) is 157 cm³/mol. The smallest absolute Gasteiger partial charge is 0.227 e. The summed E-state index contributed by atoms with van der Waals surface area (Å²) in [4.78, 5) is 30.1. The lowest BCUT2D eigenvalue weighted by Crippen LogP contribution is -2.43. The van der Waals surface area contributed by atoms with Gasteiger partial charge in [-0.1, -0.05) is 43.2 Å². The number of nitrogens with zero attached hydrogens (tertiary/aromatic N) is 5. The molecule has 212 valence electrons. The number of anilines is 2. The zero-order valence-electron chi connectivity index (χ0n) is 23.3. The van der Waals surface area contributed by atoms with Crippen molar-refractivity contribution in [3.8, 4) is 0 Å². The SMILES string of the molecule is NC1CCC(Nc2nc(NC3CCN(C(=O)C4CC4c4ccccc4)CC3)c3ncn(C4CCCC4)c3n2)CC1. The summed E-state index contributed by atoms with van der Waals surface area (Å²) in [6, 6.07) is 11.9. The highest BCUT2D eigenvalue weighted by atomic mass is 16.2. The van der Waals surface area contributed by atoms with Crippen LogP contribution < -0.4 is 16.4 Å². The fraction of sp³-hybridized carbons (Fsp3) is 0.613. The van der Waals surface area contributed by atoms with Crippen LogP contribution in [0.25, 0.3) is 11.2 Å². The van der Waals surface area contributed by atoms with Gasteiger partial charge in [-0.15, -0.1) is 0 Å². The van der Waals surface area contributed by atoms with E-state index in [1.54, 1.807) is 0 Å². The molecule has 4 aliphatic rings. The van der Waals surface area contributed by atoms with Gasteiger partial charge in [-0.25, -0.2) is 4.98 Å². The molecular formula is C31H42N8O. The molecule has 3 aliphatic carbocycles. The minimum absolute atomic E-state index is 0.149. The van der Waals surface area contributed by atoms with Gasteiger partial charge in [0.25, 0.3) is 0 Å². The Morgan fingerprint density at radius 1 is 0.875 bits per heavy atom. The Hall–Kier alpha value is -3.20. The lowest BCUT2D eigenvalue weighted by molar-refractivity contribution is -0.133. The normalized spacial score (nSPS) is 27.7. The van der Waals surface area contributed by atoms with Crippen molar-refractivity contribution in [2.75, 3.05) is 23.7 Å². The summed E-state index contributed by atoms with van der Waals surface area (Å²) in [6.07, 6.45) is 13.8. The number of carbonyl (C=O) groups excluding carboxylic acids is 1. The van der Waals surface area contributed by atoms with Crippen LogP contribution in [0.1, 0.15) is 88.2 Å². The number of carbonyl (C=O) groups is 1. The molecule has 1 amide bonds. The molecule has 9 heteroatoms. The van der Waals surface area contributed by atoms with Crippen molar-refractivity contribution in [3.05, 3.63) is 42.2 Å². The summed E-state index contributed by atoms with van der Waals surface area (Å²) >= 11 is 0. The molecule has 3 heterocycles. The molecule has 40 heavy (non-hydrogen) atoms. The lowest BCUT2D eigenvalue weighted by atomic mass is 9.92. The third-order valence-electron chi connectivity index (χ3n) is 9.73. The number of aromatic nitrogens is 4. The van der Waals surface area contributed by atoms with Crippen molar-refractivity contribution < 1.29 is 4.79 Å². The van der Waals surface area contributed by atoms with E-state index >= 15 is 0 Å². The summed E-state index contributed by atoms with van der Waals surface area (Å²) in [5.74, 6) is 2.36. The second-order valence-electron chi connectivity index (χ2n) is 12.5. The van der Waals surface area contributed by atoms with E-state index in [2.05, 4.69) is 44.4 Å². The molecule has 3 saturated carbocycles. The molecule has 0 radical (unpaired) electrons. The Balaban J connectivity index is 1.04. The van der Waals surface area contributed by atoms with Crippen molar-refractivity contribution in [1.29, 1.82) is 0 Å². The molecule has 7 rings (SSSR count). The van der Waals surface area contributed by atoms with E-state index in [9.17, 15) is 4.79 Å². The van der Waals surface area contributed by atoms with Gasteiger partial charge < -0.3 is 25.8 Å². The number of amides is 1. The van der Waals surface area contributed by atoms with E-state index < -0.39 is 0 Å². The second-order valence-corrected chi connectivity index (χ2v) is 12.5. The van der Waals surface area contributed by atoms with Crippen LogP contribution in [0.4, 0.5) is 11.8 Å². The van der Waals surface area contributed by atoms with Gasteiger partial charge in [-0.3, -0.25) is 4.79 Å². The molecule has 2 aromatic heterocycles. The highest BCUT2D eigenvalue weighted by molar-refractivity contribution is 5.85. The summed E-state index contributed by atoms with van der Waals surface area (Å²) in [5, 5.41) is 7.35. The summed E-state index contributed by atoms with van der Waals surface area (Å²) in [5.41, 5.74) is 9.22. The number of imidazole rings is 1. The average Bonchev–Trinajstić information content (AvgIpc) is 3.37. The van der Waals surface area contributed by atoms with Crippen LogP contribution >= 0.6 is 0 Å². The van der Waals surface area contributed by atoms with Crippen molar-refractivity contribution in [2.24, 2.45) is 11.7 Å². The number of rotatable bonds is 7. The van der Waals surface area contributed by atoms with Gasteiger partial charge in [-0.2, -0.15) is 9.97 Å². The van der Waals surface area contributed by atoms with Crippen LogP contribution in [-0.2, 0) is 4.79 Å². The Morgan fingerprint density at radius 3 is 2.35 bits per heavy atom. The monoisotopic (exact) mass is 542 g/mol. The maximum atomic E-state index is 13.2. The predicted octanol–water partition coefficient (Wildman–Crippen LogP) is 4.83. The number of hydrogen-bond donors (Lipinski definition) is 3. The Labute approximate surface area is 236 Å². The molecule has 0 bridgehead atoms. The van der Waals surface area contributed by atoms with Crippen LogP contribution in [0, 0.1) is 5.92 Å². The van der Waals surface area contributed by atoms with Crippen LogP contribution in [0.15, 0.2) is 36.7 Å². The van der Waals surface area contributed by atoms with Crippen molar-refractivity contribution in [2.45, 2.75) is 101 Å². The fourth-order valence-corrected chi connectivity index (χ4v) is 7.19. The molecule has 1 aliphatic heterocycles. The zero-order valence-corrected chi connectivity index (χ0v) is 23.3. The molecule has 1 aromatic carbocycles. The van der Waals surface area contributed by atoms with Crippen LogP contribution in [-0.4, -0.2) is 61.5 Å². The first-order valence-electron chi connectivity index (χ1n) is 15.5. The summed E-state index contributed by atoms with van der Waals surface area (Å²) < 4.78 is 2.28. The van der Waals surface area contributed by atoms with E-state index in [1.165, 1.54) is 31.2 Å². The molecule has 2 atom stereocenters. The Kier molecular flexibility index (Phi) is 7.08. The van der Waals surface area contributed by atoms with E-state index in [1.807, 2.05) is 12.4 Å². The number of hydrogen-bond acceptors (Lipinski definition) is 7. The third-order valence-corrected chi connectivity index (χ3v) is 9.73. The van der Waals surface area contributed by atoms with E-state index in [0.717, 1.165) is 75.0 Å². The topological polar surface area (TPSA) is 114 Å². The quantitative estimate of drug-likeness (QED) is 0.392. The van der Waals surface area contributed by atoms with Crippen LogP contribution in [0.3, 0.4) is 0 Å². The van der Waals surface area contributed by atoms with E-state index in [0.29, 0.717) is 35.9 Å². The first-order valence-corrected chi connectivity index (χ1v) is 15.5. The maximum absolute atomic E-state index is 13.2. The van der Waals surface area contributed by atoms with Gasteiger partial charge in [0, 0.05) is 43.2 Å². The fourth-order valence-electron chi connectivity index (χ4n) is 7.19. The van der Waals surface area contributed by atoms with E-state index in [-0.39, 0.29) is 12.0 Å². The number of likely N-dealkylation sites (tertiary alicyclic amines) is 1. The molecular weight excluding hydrogens is 500 g/mol. The molecule has 4 fully saturated rings. The highest BCUT2D eigenvalue weighted by Crippen LogP contribution is 2.48. The van der Waals surface area contributed by atoms with Crippen molar-refractivity contribution in [3.63, 3.8) is 0 Å². The highest BCUT2D eigenvalue weighted by Gasteiger charge is 2.46. The minimum Gasteiger partial charge on any atom is -0.365 e. The van der Waals surface area contributed by atoms with Gasteiger partial charge >= 0.3 is 0 Å². The van der Waals surface area contributed by atoms with Gasteiger partial charge in [0.15, 0.2) is 17.0 Å². The van der Waals surface area contributed by atoms with Crippen molar-refractivity contribution >= 4 is 28.8 Å². The van der Waals surface area contributed by atoms with Crippen LogP contribution in [0.2, 0.25) is 0 Å². The number of benzene rings is 1. The molecule has 4 N–H and O–H groups in total. The third kappa shape index (κ3) is 5.28.